The average Bonchev–Trinajstić information content (AvgIpc) is 0.869. The van der Waals surface area contributed by atoms with Crippen molar-refractivity contribution in [1.82, 2.24) is 46.2 Å². The maximum Gasteiger partial charge on any atom is 0.326 e. The molecule has 3 aromatic rings. The molecule has 0 radical (unpaired) electrons. The maximum absolute atomic E-state index is 15.3. The number of carbonyl (C=O) groups excluding carboxylic acids is 9. The molecule has 0 aliphatic carbocycles. The van der Waals surface area contributed by atoms with Crippen LogP contribution in [0.15, 0.2) is 81.0 Å². The lowest BCUT2D eigenvalue weighted by Crippen LogP contribution is -2.63. The Hall–Kier alpha value is -9.47. The first kappa shape index (κ1) is 71.0. The van der Waals surface area contributed by atoms with E-state index in [1.807, 2.05) is 0 Å². The van der Waals surface area contributed by atoms with E-state index in [9.17, 15) is 58.5 Å². The number of amides is 9. The second-order valence-corrected chi connectivity index (χ2v) is 24.3. The largest absolute Gasteiger partial charge is 0.480 e. The van der Waals surface area contributed by atoms with Crippen LogP contribution in [0.3, 0.4) is 0 Å². The highest BCUT2D eigenvalue weighted by atomic mass is 32.1. The van der Waals surface area contributed by atoms with Gasteiger partial charge in [-0.05, 0) is 85.1 Å². The Bertz CT molecular complexity index is 3270. The van der Waals surface area contributed by atoms with Crippen LogP contribution < -0.4 is 66.7 Å². The SMILES string of the molecule is NC(N)=NCCCC(N)C(=O)NC(CCCN=C(N)N)C(=O)N1CCCC1C(=O)N1CC(O)CC1C(=O)NCC(=O)NC(Cc1cccs1)C(=O)NC(CO)C(=O)N1Cc2ccccc2CC1C(=O)N1Cc2ccccc2CC1C(=O)NC(CCCN=C(N)N)C(=O)O. The predicted octanol–water partition coefficient (Wildman–Crippen LogP) is -5.23. The van der Waals surface area contributed by atoms with E-state index in [1.54, 1.807) is 66.0 Å². The van der Waals surface area contributed by atoms with E-state index in [2.05, 4.69) is 41.6 Å². The predicted molar refractivity (Wildman–Crippen MR) is 341 cm³/mol. The number of aliphatic imine (C=N–C) groups is 3. The molecule has 0 saturated carbocycles. The van der Waals surface area contributed by atoms with E-state index in [0.717, 1.165) is 10.5 Å². The Morgan fingerprint density at radius 2 is 1.13 bits per heavy atom. The number of aliphatic carboxylic acids is 1. The van der Waals surface area contributed by atoms with Gasteiger partial charge in [-0.3, -0.25) is 58.1 Å². The molecule has 1 aromatic heterocycles. The first-order valence-corrected chi connectivity index (χ1v) is 31.6. The van der Waals surface area contributed by atoms with E-state index < -0.39 is 133 Å². The number of guanidine groups is 3. The summed E-state index contributed by atoms with van der Waals surface area (Å²) in [5.41, 5.74) is 41.7. The summed E-state index contributed by atoms with van der Waals surface area (Å²) in [6.45, 7) is -1.66. The second kappa shape index (κ2) is 33.7. The molecule has 33 heteroatoms. The average molecular weight is 1310 g/mol. The van der Waals surface area contributed by atoms with Crippen LogP contribution in [0.5, 0.6) is 0 Å². The summed E-state index contributed by atoms with van der Waals surface area (Å²) < 4.78 is 0. The minimum absolute atomic E-state index is 0.00575. The molecule has 2 saturated heterocycles. The molecule has 504 valence electrons. The molecule has 9 amide bonds. The number of aliphatic hydroxyl groups excluding tert-OH is 2. The van der Waals surface area contributed by atoms with E-state index in [1.165, 1.54) is 26.0 Å². The van der Waals surface area contributed by atoms with Crippen molar-refractivity contribution in [2.24, 2.45) is 55.1 Å². The van der Waals surface area contributed by atoms with Gasteiger partial charge in [-0.2, -0.15) is 0 Å². The summed E-state index contributed by atoms with van der Waals surface area (Å²) in [7, 11) is 0. The number of fused-ring (bicyclic) bond motifs is 2. The fourth-order valence-corrected chi connectivity index (χ4v) is 12.6. The van der Waals surface area contributed by atoms with Crippen LogP contribution in [0.2, 0.25) is 0 Å². The van der Waals surface area contributed by atoms with Crippen LogP contribution in [-0.2, 0) is 80.3 Å². The smallest absolute Gasteiger partial charge is 0.326 e. The van der Waals surface area contributed by atoms with Crippen LogP contribution in [0.1, 0.15) is 84.9 Å². The third-order valence-electron chi connectivity index (χ3n) is 16.6. The van der Waals surface area contributed by atoms with Gasteiger partial charge in [0.25, 0.3) is 0 Å². The Morgan fingerprint density at radius 1 is 0.581 bits per heavy atom. The zero-order chi connectivity index (χ0) is 67.5. The normalized spacial score (nSPS) is 19.8. The molecule has 5 heterocycles. The van der Waals surface area contributed by atoms with Gasteiger partial charge in [0.05, 0.1) is 25.3 Å². The first-order valence-electron chi connectivity index (χ1n) is 30.7. The number of likely N-dealkylation sites (tertiary alicyclic amines) is 2. The van der Waals surface area contributed by atoms with Crippen LogP contribution >= 0.6 is 11.3 Å². The molecule has 32 nitrogen and oxygen atoms in total. The highest BCUT2D eigenvalue weighted by Gasteiger charge is 2.47. The zero-order valence-corrected chi connectivity index (χ0v) is 52.3. The Morgan fingerprint density at radius 3 is 1.71 bits per heavy atom. The van der Waals surface area contributed by atoms with Crippen molar-refractivity contribution in [3.63, 3.8) is 0 Å². The molecule has 22 N–H and O–H groups in total. The van der Waals surface area contributed by atoms with E-state index in [-0.39, 0.29) is 128 Å². The molecule has 0 bridgehead atoms. The van der Waals surface area contributed by atoms with Gasteiger partial charge in [0.15, 0.2) is 17.9 Å². The number of aliphatic hydroxyl groups is 2. The number of carbonyl (C=O) groups is 10. The van der Waals surface area contributed by atoms with Gasteiger partial charge in [0.2, 0.25) is 53.2 Å². The molecule has 2 fully saturated rings. The van der Waals surface area contributed by atoms with Crippen molar-refractivity contribution in [1.29, 1.82) is 0 Å². The van der Waals surface area contributed by atoms with E-state index >= 15 is 4.79 Å². The number of nitrogens with one attached hydrogen (secondary N) is 5. The number of thiophene rings is 1. The van der Waals surface area contributed by atoms with Crippen LogP contribution in [0, 0.1) is 0 Å². The number of hydrogen-bond acceptors (Lipinski definition) is 17. The van der Waals surface area contributed by atoms with E-state index in [0.29, 0.717) is 34.4 Å². The number of hydrogen-bond donors (Lipinski definition) is 15. The quantitative estimate of drug-likeness (QED) is 0.0168. The molecule has 93 heavy (non-hydrogen) atoms. The Kier molecular flexibility index (Phi) is 25.7. The van der Waals surface area contributed by atoms with E-state index in [4.69, 9.17) is 40.1 Å². The molecule has 2 aromatic carbocycles. The molecular formula is C60H85N19O13S. The molecule has 7 rings (SSSR count). The lowest BCUT2D eigenvalue weighted by molar-refractivity contribution is -0.154. The monoisotopic (exact) mass is 1310 g/mol. The lowest BCUT2D eigenvalue weighted by atomic mass is 9.89. The first-order chi connectivity index (χ1) is 44.4. The van der Waals surface area contributed by atoms with Gasteiger partial charge in [0.1, 0.15) is 48.3 Å². The van der Waals surface area contributed by atoms with Crippen molar-refractivity contribution in [2.75, 3.05) is 45.9 Å². The summed E-state index contributed by atoms with van der Waals surface area (Å²) >= 11 is 1.26. The lowest BCUT2D eigenvalue weighted by Gasteiger charge is -2.43. The van der Waals surface area contributed by atoms with Crippen LogP contribution in [0.4, 0.5) is 0 Å². The topological polar surface area (TPSA) is 524 Å². The molecule has 10 atom stereocenters. The third kappa shape index (κ3) is 19.5. The number of nitrogens with zero attached hydrogens (tertiary/aromatic N) is 7. The zero-order valence-electron chi connectivity index (χ0n) is 51.5. The number of rotatable bonds is 30. The van der Waals surface area contributed by atoms with Crippen LogP contribution in [-0.4, -0.2) is 218 Å². The van der Waals surface area contributed by atoms with Crippen molar-refractivity contribution in [2.45, 2.75) is 151 Å². The number of nitrogens with two attached hydrogens (primary N) is 7. The Balaban J connectivity index is 1.03. The summed E-state index contributed by atoms with van der Waals surface area (Å²) in [6.07, 6.45) is 0.0689. The van der Waals surface area contributed by atoms with Gasteiger partial charge >= 0.3 is 5.97 Å². The maximum atomic E-state index is 15.3. The molecule has 0 spiro atoms. The molecule has 4 aliphatic rings. The van der Waals surface area contributed by atoms with Gasteiger partial charge in [-0.25, -0.2) is 4.79 Å². The fourth-order valence-electron chi connectivity index (χ4n) is 11.9. The molecular weight excluding hydrogens is 1230 g/mol. The summed E-state index contributed by atoms with van der Waals surface area (Å²) in [5.74, 6) is -8.60. The van der Waals surface area contributed by atoms with Gasteiger partial charge < -0.3 is 102 Å². The number of benzene rings is 2. The fraction of sp³-hybridized carbons (Fsp3) is 0.517. The van der Waals surface area contributed by atoms with Crippen molar-refractivity contribution < 1.29 is 63.3 Å². The third-order valence-corrected chi connectivity index (χ3v) is 17.5. The summed E-state index contributed by atoms with van der Waals surface area (Å²) in [6, 6.07) is 6.01. The van der Waals surface area contributed by atoms with Gasteiger partial charge in [-0.15, -0.1) is 11.3 Å². The number of β-amino-alcohol motifs (C(OH)–C–C–N with tert-alkyl or cyclic N) is 1. The second-order valence-electron chi connectivity index (χ2n) is 23.3. The molecule has 10 unspecified atom stereocenters. The van der Waals surface area contributed by atoms with Gasteiger partial charge in [-0.1, -0.05) is 54.6 Å². The highest BCUT2D eigenvalue weighted by molar-refractivity contribution is 7.09. The molecule has 4 aliphatic heterocycles. The van der Waals surface area contributed by atoms with Crippen molar-refractivity contribution in [3.8, 4) is 0 Å². The van der Waals surface area contributed by atoms with Crippen molar-refractivity contribution >= 4 is 88.3 Å². The summed E-state index contributed by atoms with van der Waals surface area (Å²) in [4.78, 5) is 159. The minimum atomic E-state index is -1.70. The highest BCUT2D eigenvalue weighted by Crippen LogP contribution is 2.31. The van der Waals surface area contributed by atoms with Gasteiger partial charge in [0, 0.05) is 76.4 Å². The number of carboxylic acid groups (broad SMARTS) is 1. The van der Waals surface area contributed by atoms with Crippen LogP contribution in [0.25, 0.3) is 0 Å². The number of carboxylic acids is 1. The minimum Gasteiger partial charge on any atom is -0.480 e. The van der Waals surface area contributed by atoms with Crippen molar-refractivity contribution in [3.05, 3.63) is 93.2 Å². The standard InChI is InChI=1S/C60H85N19O13S/c61-39(15-5-19-68-58(62)63)49(83)73-40(16-6-20-69-59(64)65)53(87)76-22-8-18-44(76)55(89)79-31-37(81)26-46(79)51(85)71-28-48(82)72-42(27-38-14-9-23-93-38)50(84)75-43(32-80)54(88)78-30-36-13-4-2-11-34(36)25-47(78)56(90)77-29-35-12-3-1-10-33(35)24-45(77)52(86)74-41(57(91)92)17-7-21-70-60(66)67/h1-4,9-14,23,37,39-47,80-81H,5-8,15-22,24-32,61H2,(H,71,85)(H,72,82)(H,73,83)(H,74,86)(H,75,84)(H,91,92)(H4,62,63,68)(H4,64,65,69)(H4,66,67,70). The summed E-state index contributed by atoms with van der Waals surface area (Å²) in [5, 5.41) is 46.6. The Labute approximate surface area is 540 Å².